The van der Waals surface area contributed by atoms with Crippen LogP contribution in [-0.4, -0.2) is 51.2 Å². The number of carbonyl (C=O) groups excluding carboxylic acids is 2. The second kappa shape index (κ2) is 11.2. The highest BCUT2D eigenvalue weighted by Gasteiger charge is 2.28. The number of piperidine rings is 1. The minimum Gasteiger partial charge on any atom is -0.338 e. The number of hydrogen-bond acceptors (Lipinski definition) is 4. The number of anilines is 1. The lowest BCUT2D eigenvalue weighted by atomic mass is 10.1. The quantitative estimate of drug-likeness (QED) is 0.511. The van der Waals surface area contributed by atoms with Crippen LogP contribution < -0.4 is 10.6 Å². The van der Waals surface area contributed by atoms with Crippen LogP contribution in [-0.2, 0) is 0 Å². The van der Waals surface area contributed by atoms with Gasteiger partial charge in [-0.1, -0.05) is 29.5 Å². The molecule has 0 aliphatic carbocycles. The molecule has 1 aliphatic heterocycles. The summed E-state index contributed by atoms with van der Waals surface area (Å²) >= 11 is 6.34. The first kappa shape index (κ1) is 25.2. The first-order valence-corrected chi connectivity index (χ1v) is 12.0. The van der Waals surface area contributed by atoms with Gasteiger partial charge >= 0.3 is 6.03 Å². The highest BCUT2D eigenvalue weighted by atomic mass is 35.5. The number of hydrogen-bond donors (Lipinski definition) is 2. The number of aromatic nitrogens is 3. The average molecular weight is 509 g/mol. The maximum absolute atomic E-state index is 13.3. The molecule has 1 aromatic carbocycles. The SMILES string of the molecule is CCNC(=O)N1CCC(n2ncc(Cl)c2C(=O)Nc2ncc(C#Cc3cccc(F)c3)cc2C)CC1. The van der Waals surface area contributed by atoms with E-state index in [1.54, 1.807) is 34.0 Å². The van der Waals surface area contributed by atoms with Gasteiger partial charge in [-0.2, -0.15) is 5.10 Å². The second-order valence-corrected chi connectivity index (χ2v) is 8.85. The summed E-state index contributed by atoms with van der Waals surface area (Å²) < 4.78 is 15.0. The predicted molar refractivity (Wildman–Crippen MR) is 135 cm³/mol. The molecular weight excluding hydrogens is 483 g/mol. The number of amides is 3. The molecule has 4 rings (SSSR count). The van der Waals surface area contributed by atoms with Crippen molar-refractivity contribution in [2.75, 3.05) is 25.0 Å². The lowest BCUT2D eigenvalue weighted by Gasteiger charge is -2.32. The van der Waals surface area contributed by atoms with E-state index in [2.05, 4.69) is 32.6 Å². The third kappa shape index (κ3) is 5.83. The van der Waals surface area contributed by atoms with E-state index in [1.165, 1.54) is 18.3 Å². The van der Waals surface area contributed by atoms with Crippen molar-refractivity contribution in [3.63, 3.8) is 0 Å². The fourth-order valence-electron chi connectivity index (χ4n) is 4.06. The minimum absolute atomic E-state index is 0.0570. The molecule has 8 nitrogen and oxygen atoms in total. The number of pyridine rings is 1. The van der Waals surface area contributed by atoms with Crippen LogP contribution >= 0.6 is 11.6 Å². The molecular formula is C26H26ClFN6O2. The average Bonchev–Trinajstić information content (AvgIpc) is 3.26. The zero-order valence-corrected chi connectivity index (χ0v) is 20.8. The molecule has 0 atom stereocenters. The molecule has 0 spiro atoms. The van der Waals surface area contributed by atoms with Gasteiger partial charge in [0.25, 0.3) is 5.91 Å². The van der Waals surface area contributed by atoms with Gasteiger partial charge in [0.2, 0.25) is 0 Å². The number of likely N-dealkylation sites (tertiary alicyclic amines) is 1. The van der Waals surface area contributed by atoms with E-state index in [4.69, 9.17) is 11.6 Å². The predicted octanol–water partition coefficient (Wildman–Crippen LogP) is 4.40. The van der Waals surface area contributed by atoms with Crippen LogP contribution in [0, 0.1) is 24.6 Å². The summed E-state index contributed by atoms with van der Waals surface area (Å²) in [6, 6.07) is 7.70. The standard InChI is InChI=1S/C26H26ClFN6O2/c1-3-29-26(36)33-11-9-21(10-12-33)34-23(22(27)16-31-34)25(35)32-24-17(2)13-19(15-30-24)8-7-18-5-4-6-20(28)14-18/h4-6,13-16,21H,3,9-12H2,1-2H3,(H,29,36)(H,30,32,35). The van der Waals surface area contributed by atoms with Gasteiger partial charge in [0.1, 0.15) is 17.3 Å². The van der Waals surface area contributed by atoms with Crippen molar-refractivity contribution in [1.82, 2.24) is 25.0 Å². The van der Waals surface area contributed by atoms with Crippen molar-refractivity contribution in [2.24, 2.45) is 0 Å². The zero-order valence-electron chi connectivity index (χ0n) is 20.0. The molecule has 3 heterocycles. The fraction of sp³-hybridized carbons (Fsp3) is 0.308. The van der Waals surface area contributed by atoms with Gasteiger partial charge < -0.3 is 15.5 Å². The van der Waals surface area contributed by atoms with Crippen LogP contribution in [0.25, 0.3) is 0 Å². The number of nitrogens with one attached hydrogen (secondary N) is 2. The molecule has 0 radical (unpaired) electrons. The Morgan fingerprint density at radius 1 is 1.17 bits per heavy atom. The summed E-state index contributed by atoms with van der Waals surface area (Å²) in [7, 11) is 0. The van der Waals surface area contributed by atoms with Crippen molar-refractivity contribution in [3.05, 3.63) is 75.9 Å². The van der Waals surface area contributed by atoms with Crippen LogP contribution in [0.2, 0.25) is 5.02 Å². The number of halogens is 2. The highest BCUT2D eigenvalue weighted by Crippen LogP contribution is 2.27. The van der Waals surface area contributed by atoms with Gasteiger partial charge in [-0.05, 0) is 56.5 Å². The molecule has 3 aromatic rings. The maximum Gasteiger partial charge on any atom is 0.317 e. The Labute approximate surface area is 213 Å². The normalized spacial score (nSPS) is 13.6. The summed E-state index contributed by atoms with van der Waals surface area (Å²) in [5.41, 5.74) is 2.16. The Kier molecular flexibility index (Phi) is 7.86. The third-order valence-corrected chi connectivity index (χ3v) is 6.15. The van der Waals surface area contributed by atoms with E-state index in [9.17, 15) is 14.0 Å². The molecule has 186 valence electrons. The molecule has 2 N–H and O–H groups in total. The van der Waals surface area contributed by atoms with Crippen LogP contribution in [0.5, 0.6) is 0 Å². The summed E-state index contributed by atoms with van der Waals surface area (Å²) in [5, 5.41) is 10.2. The van der Waals surface area contributed by atoms with Crippen molar-refractivity contribution < 1.29 is 14.0 Å². The van der Waals surface area contributed by atoms with Gasteiger partial charge in [-0.25, -0.2) is 14.2 Å². The fourth-order valence-corrected chi connectivity index (χ4v) is 4.27. The Hall–Kier alpha value is -3.90. The van der Waals surface area contributed by atoms with E-state index >= 15 is 0 Å². The first-order valence-electron chi connectivity index (χ1n) is 11.7. The molecule has 0 saturated carbocycles. The summed E-state index contributed by atoms with van der Waals surface area (Å²) in [6.45, 7) is 5.39. The Balaban J connectivity index is 1.45. The lowest BCUT2D eigenvalue weighted by Crippen LogP contribution is -2.45. The molecule has 1 fully saturated rings. The topological polar surface area (TPSA) is 92.2 Å². The molecule has 2 aromatic heterocycles. The number of aryl methyl sites for hydroxylation is 1. The molecule has 0 bridgehead atoms. The molecule has 10 heteroatoms. The van der Waals surface area contributed by atoms with Gasteiger partial charge in [0.15, 0.2) is 0 Å². The largest absolute Gasteiger partial charge is 0.338 e. The van der Waals surface area contributed by atoms with Gasteiger partial charge in [0.05, 0.1) is 17.3 Å². The molecule has 0 unspecified atom stereocenters. The van der Waals surface area contributed by atoms with Crippen molar-refractivity contribution >= 4 is 29.4 Å². The highest BCUT2D eigenvalue weighted by molar-refractivity contribution is 6.34. The van der Waals surface area contributed by atoms with Crippen LogP contribution in [0.4, 0.5) is 15.0 Å². The van der Waals surface area contributed by atoms with E-state index in [0.717, 1.165) is 0 Å². The Morgan fingerprint density at radius 3 is 2.61 bits per heavy atom. The van der Waals surface area contributed by atoms with Crippen LogP contribution in [0.15, 0.2) is 42.7 Å². The van der Waals surface area contributed by atoms with E-state index in [0.29, 0.717) is 55.0 Å². The number of urea groups is 1. The monoisotopic (exact) mass is 508 g/mol. The summed E-state index contributed by atoms with van der Waals surface area (Å²) in [6.07, 6.45) is 4.32. The van der Waals surface area contributed by atoms with Crippen molar-refractivity contribution in [3.8, 4) is 11.8 Å². The van der Waals surface area contributed by atoms with Gasteiger partial charge in [0, 0.05) is 37.0 Å². The molecule has 1 aliphatic rings. The first-order chi connectivity index (χ1) is 17.4. The van der Waals surface area contributed by atoms with E-state index in [-0.39, 0.29) is 28.6 Å². The van der Waals surface area contributed by atoms with Crippen molar-refractivity contribution in [2.45, 2.75) is 32.7 Å². The third-order valence-electron chi connectivity index (χ3n) is 5.88. The molecule has 3 amide bonds. The van der Waals surface area contributed by atoms with Crippen LogP contribution in [0.3, 0.4) is 0 Å². The number of benzene rings is 1. The maximum atomic E-state index is 13.3. The Morgan fingerprint density at radius 2 is 1.92 bits per heavy atom. The summed E-state index contributed by atoms with van der Waals surface area (Å²) in [5.74, 6) is 5.48. The summed E-state index contributed by atoms with van der Waals surface area (Å²) in [4.78, 5) is 31.4. The van der Waals surface area contributed by atoms with Crippen molar-refractivity contribution in [1.29, 1.82) is 0 Å². The van der Waals surface area contributed by atoms with E-state index in [1.807, 2.05) is 13.8 Å². The Bertz CT molecular complexity index is 1340. The number of carbonyl (C=O) groups is 2. The van der Waals surface area contributed by atoms with Gasteiger partial charge in [-0.15, -0.1) is 0 Å². The smallest absolute Gasteiger partial charge is 0.317 e. The number of rotatable bonds is 4. The minimum atomic E-state index is -0.419. The van der Waals surface area contributed by atoms with Gasteiger partial charge in [-0.3, -0.25) is 9.48 Å². The molecule has 1 saturated heterocycles. The number of nitrogens with zero attached hydrogens (tertiary/aromatic N) is 4. The zero-order chi connectivity index (χ0) is 25.7. The molecule has 36 heavy (non-hydrogen) atoms. The second-order valence-electron chi connectivity index (χ2n) is 8.44. The van der Waals surface area contributed by atoms with E-state index < -0.39 is 5.91 Å². The lowest BCUT2D eigenvalue weighted by molar-refractivity contribution is 0.100. The van der Waals surface area contributed by atoms with Crippen LogP contribution in [0.1, 0.15) is 53.0 Å².